The van der Waals surface area contributed by atoms with Crippen molar-refractivity contribution >= 4 is 39.1 Å². The molecule has 1 fully saturated rings. The summed E-state index contributed by atoms with van der Waals surface area (Å²) in [5.74, 6) is 4.00. The summed E-state index contributed by atoms with van der Waals surface area (Å²) >= 11 is 0. The fourth-order valence-corrected chi connectivity index (χ4v) is 5.85. The summed E-state index contributed by atoms with van der Waals surface area (Å²) in [4.78, 5) is 43.3. The van der Waals surface area contributed by atoms with Crippen LogP contribution in [0.3, 0.4) is 0 Å². The Morgan fingerprint density at radius 2 is 1.81 bits per heavy atom. The van der Waals surface area contributed by atoms with Crippen molar-refractivity contribution in [2.75, 3.05) is 35.6 Å². The maximum Gasteiger partial charge on any atom is 0.410 e. The molecule has 0 radical (unpaired) electrons. The van der Waals surface area contributed by atoms with Gasteiger partial charge < -0.3 is 20.7 Å². The van der Waals surface area contributed by atoms with Gasteiger partial charge in [0.2, 0.25) is 0 Å². The van der Waals surface area contributed by atoms with Gasteiger partial charge >= 0.3 is 6.09 Å². The normalized spacial score (nSPS) is 14.2. The van der Waals surface area contributed by atoms with Gasteiger partial charge in [0.25, 0.3) is 11.8 Å². The molecule has 10 nitrogen and oxygen atoms in total. The number of halogens is 1. The van der Waals surface area contributed by atoms with Gasteiger partial charge in [0, 0.05) is 30.5 Å². The number of nitrogens with one attached hydrogen (secondary N) is 1. The molecule has 12 heteroatoms. The van der Waals surface area contributed by atoms with E-state index in [1.165, 1.54) is 29.3 Å². The first-order valence-corrected chi connectivity index (χ1v) is 15.3. The molecule has 0 atom stereocenters. The molecule has 3 amide bonds. The number of carbonyl (C=O) groups is 3. The molecule has 1 aromatic heterocycles. The Bertz CT molecular complexity index is 1770. The van der Waals surface area contributed by atoms with Gasteiger partial charge in [0.1, 0.15) is 17.2 Å². The number of amides is 3. The summed E-state index contributed by atoms with van der Waals surface area (Å²) in [7, 11) is -2.89. The molecule has 0 spiro atoms. The number of pyridine rings is 1. The molecule has 4 rings (SSSR count). The average molecular weight is 606 g/mol. The number of nitrogen functional groups attached to an aromatic ring is 1. The third-order valence-electron chi connectivity index (χ3n) is 6.26. The fourth-order valence-electron chi connectivity index (χ4n) is 4.04. The van der Waals surface area contributed by atoms with Crippen LogP contribution in [0.5, 0.6) is 0 Å². The second-order valence-corrected chi connectivity index (χ2v) is 13.5. The summed E-state index contributed by atoms with van der Waals surface area (Å²) in [6.45, 7) is 7.36. The quantitative estimate of drug-likeness (QED) is 0.415. The van der Waals surface area contributed by atoms with Crippen molar-refractivity contribution in [1.29, 1.82) is 0 Å². The van der Waals surface area contributed by atoms with Crippen molar-refractivity contribution in [3.05, 3.63) is 88.4 Å². The molecule has 2 heterocycles. The number of aryl methyl sites for hydroxylation is 1. The van der Waals surface area contributed by atoms with E-state index in [1.807, 2.05) is 0 Å². The SMILES string of the molecule is Cc1ccc(F)c(C(=O)Nc2cccc(C#Cc3cc(C(=O)N=S4(=O)CCN(C(=O)OC(C)(C)C)CC4)cnc3N)c2)c1. The standard InChI is InChI=1S/C31H32FN5O5S/c1-20-8-11-26(32)25(16-20)29(39)35-24-7-5-6-21(17-24)9-10-22-18-23(19-34-27(22)33)28(38)36-43(41)14-12-37(13-15-43)30(40)42-31(2,3)4/h5-8,11,16-19H,12-15H2,1-4H3,(H2,33,34)(H,35,39). The van der Waals surface area contributed by atoms with Crippen LogP contribution in [-0.4, -0.2) is 62.2 Å². The largest absolute Gasteiger partial charge is 0.444 e. The first-order chi connectivity index (χ1) is 20.2. The number of hydrogen-bond acceptors (Lipinski definition) is 7. The molecule has 0 saturated carbocycles. The highest BCUT2D eigenvalue weighted by Gasteiger charge is 2.28. The van der Waals surface area contributed by atoms with Gasteiger partial charge in [0.05, 0.1) is 37.9 Å². The first kappa shape index (κ1) is 31.2. The monoisotopic (exact) mass is 605 g/mol. The molecule has 1 saturated heterocycles. The Balaban J connectivity index is 1.47. The zero-order valence-electron chi connectivity index (χ0n) is 24.3. The number of carbonyl (C=O) groups excluding carboxylic acids is 3. The number of aromatic nitrogens is 1. The van der Waals surface area contributed by atoms with Crippen molar-refractivity contribution in [2.24, 2.45) is 4.36 Å². The van der Waals surface area contributed by atoms with Crippen molar-refractivity contribution in [3.8, 4) is 11.8 Å². The van der Waals surface area contributed by atoms with Crippen LogP contribution >= 0.6 is 0 Å². The number of benzene rings is 2. The highest BCUT2D eigenvalue weighted by molar-refractivity contribution is 7.94. The Morgan fingerprint density at radius 3 is 2.51 bits per heavy atom. The predicted molar refractivity (Wildman–Crippen MR) is 163 cm³/mol. The Kier molecular flexibility index (Phi) is 9.16. The van der Waals surface area contributed by atoms with Crippen LogP contribution in [0.2, 0.25) is 0 Å². The van der Waals surface area contributed by atoms with Crippen molar-refractivity contribution in [3.63, 3.8) is 0 Å². The molecule has 1 aliphatic heterocycles. The molecule has 224 valence electrons. The molecule has 2 aromatic carbocycles. The number of nitrogens with zero attached hydrogens (tertiary/aromatic N) is 3. The third-order valence-corrected chi connectivity index (χ3v) is 8.39. The van der Waals surface area contributed by atoms with Gasteiger partial charge in [0.15, 0.2) is 0 Å². The Hall–Kier alpha value is -4.76. The molecule has 0 bridgehead atoms. The van der Waals surface area contributed by atoms with Crippen molar-refractivity contribution < 1.29 is 27.7 Å². The van der Waals surface area contributed by atoms with Crippen molar-refractivity contribution in [2.45, 2.75) is 33.3 Å². The Morgan fingerprint density at radius 1 is 1.09 bits per heavy atom. The molecular weight excluding hydrogens is 573 g/mol. The summed E-state index contributed by atoms with van der Waals surface area (Å²) < 4.78 is 36.7. The van der Waals surface area contributed by atoms with E-state index in [1.54, 1.807) is 58.0 Å². The topological polar surface area (TPSA) is 144 Å². The van der Waals surface area contributed by atoms with Crippen molar-refractivity contribution in [1.82, 2.24) is 9.88 Å². The number of ether oxygens (including phenoxy) is 1. The van der Waals surface area contributed by atoms with Crippen LogP contribution in [0.4, 0.5) is 20.7 Å². The lowest BCUT2D eigenvalue weighted by atomic mass is 10.1. The molecule has 1 aliphatic rings. The highest BCUT2D eigenvalue weighted by Crippen LogP contribution is 2.18. The van der Waals surface area contributed by atoms with E-state index in [2.05, 4.69) is 26.5 Å². The highest BCUT2D eigenvalue weighted by atomic mass is 32.2. The number of nitrogens with two attached hydrogens (primary N) is 1. The summed E-state index contributed by atoms with van der Waals surface area (Å²) in [5.41, 5.74) is 7.26. The maximum atomic E-state index is 14.1. The maximum absolute atomic E-state index is 14.1. The van der Waals surface area contributed by atoms with E-state index in [9.17, 15) is 23.0 Å². The second-order valence-electron chi connectivity index (χ2n) is 11.0. The van der Waals surface area contributed by atoms with Crippen LogP contribution in [0.1, 0.15) is 58.2 Å². The van der Waals surface area contributed by atoms with Crippen LogP contribution in [0.15, 0.2) is 59.1 Å². The molecule has 0 unspecified atom stereocenters. The van der Waals surface area contributed by atoms with Crippen LogP contribution in [0.25, 0.3) is 0 Å². The van der Waals surface area contributed by atoms with E-state index in [0.29, 0.717) is 11.3 Å². The van der Waals surface area contributed by atoms with Gasteiger partial charge in [-0.15, -0.1) is 0 Å². The van der Waals surface area contributed by atoms with E-state index in [-0.39, 0.29) is 47.1 Å². The molecule has 3 N–H and O–H groups in total. The zero-order valence-corrected chi connectivity index (χ0v) is 25.1. The predicted octanol–water partition coefficient (Wildman–Crippen LogP) is 4.62. The van der Waals surface area contributed by atoms with Crippen LogP contribution < -0.4 is 11.1 Å². The van der Waals surface area contributed by atoms with Crippen LogP contribution in [-0.2, 0) is 14.5 Å². The first-order valence-electron chi connectivity index (χ1n) is 13.4. The summed E-state index contributed by atoms with van der Waals surface area (Å²) in [5, 5.41) is 2.66. The lowest BCUT2D eigenvalue weighted by Gasteiger charge is -2.30. The molecule has 43 heavy (non-hydrogen) atoms. The minimum Gasteiger partial charge on any atom is -0.444 e. The number of rotatable bonds is 3. The third kappa shape index (κ3) is 8.39. The lowest BCUT2D eigenvalue weighted by Crippen LogP contribution is -2.45. The smallest absolute Gasteiger partial charge is 0.410 e. The average Bonchev–Trinajstić information content (AvgIpc) is 2.93. The van der Waals surface area contributed by atoms with Gasteiger partial charge in [-0.05, 0) is 64.1 Å². The summed E-state index contributed by atoms with van der Waals surface area (Å²) in [6, 6.07) is 12.4. The van der Waals surface area contributed by atoms with E-state index >= 15 is 0 Å². The van der Waals surface area contributed by atoms with Gasteiger partial charge in [-0.1, -0.05) is 29.5 Å². The molecular formula is C31H32FN5O5S. The van der Waals surface area contributed by atoms with Gasteiger partial charge in [-0.25, -0.2) is 18.4 Å². The lowest BCUT2D eigenvalue weighted by molar-refractivity contribution is 0.0268. The summed E-state index contributed by atoms with van der Waals surface area (Å²) in [6.07, 6.45) is 0.741. The van der Waals surface area contributed by atoms with Gasteiger partial charge in [-0.2, -0.15) is 4.36 Å². The number of hydrogen-bond donors (Lipinski definition) is 2. The second kappa shape index (κ2) is 12.6. The minimum absolute atomic E-state index is 0.0381. The molecule has 0 aliphatic carbocycles. The van der Waals surface area contributed by atoms with Gasteiger partial charge in [-0.3, -0.25) is 9.59 Å². The zero-order chi connectivity index (χ0) is 31.4. The van der Waals surface area contributed by atoms with E-state index in [0.717, 1.165) is 5.56 Å². The Labute approximate surface area is 250 Å². The van der Waals surface area contributed by atoms with E-state index < -0.39 is 39.1 Å². The van der Waals surface area contributed by atoms with E-state index in [4.69, 9.17) is 10.5 Å². The number of anilines is 2. The van der Waals surface area contributed by atoms with Crippen LogP contribution in [0, 0.1) is 24.6 Å². The minimum atomic E-state index is -2.89. The fraction of sp³-hybridized carbons (Fsp3) is 0.290. The molecule has 3 aromatic rings.